The molecule has 0 saturated carbocycles. The third-order valence-electron chi connectivity index (χ3n) is 8.65. The van der Waals surface area contributed by atoms with E-state index in [9.17, 15) is 47.8 Å². The van der Waals surface area contributed by atoms with E-state index in [1.807, 2.05) is 0 Å². The lowest BCUT2D eigenvalue weighted by Crippen LogP contribution is -2.30. The Balaban J connectivity index is 1.34. The van der Waals surface area contributed by atoms with Crippen molar-refractivity contribution in [2.45, 2.75) is 30.2 Å². The first kappa shape index (κ1) is 41.5. The number of carbonyl (C=O) groups excluding carboxylic acids is 1. The van der Waals surface area contributed by atoms with Crippen LogP contribution in [0.1, 0.15) is 33.2 Å². The Labute approximate surface area is 334 Å². The number of phenolic OH excluding ortho intramolecular Hbond substituents is 2. The molecule has 0 fully saturated rings. The third-order valence-corrected chi connectivity index (χ3v) is 10.1. The number of amides is 1. The highest BCUT2D eigenvalue weighted by Gasteiger charge is 2.23. The van der Waals surface area contributed by atoms with Crippen molar-refractivity contribution in [3.8, 4) is 17.4 Å². The van der Waals surface area contributed by atoms with Crippen LogP contribution < -0.4 is 11.3 Å². The van der Waals surface area contributed by atoms with E-state index in [1.54, 1.807) is 43.3 Å². The zero-order chi connectivity index (χ0) is 42.8. The molecule has 0 radical (unpaired) electrons. The van der Waals surface area contributed by atoms with E-state index < -0.39 is 61.1 Å². The number of carboxylic acids is 1. The Morgan fingerprint density at radius 2 is 1.46 bits per heavy atom. The summed E-state index contributed by atoms with van der Waals surface area (Å²) in [5.41, 5.74) is 3.97. The topological polar surface area (TPSA) is 330 Å². The van der Waals surface area contributed by atoms with Crippen LogP contribution in [-0.4, -0.2) is 55.1 Å². The molecule has 1 heterocycles. The summed E-state index contributed by atoms with van der Waals surface area (Å²) in [4.78, 5) is 36.2. The Morgan fingerprint density at radius 3 is 2.05 bits per heavy atom. The number of carboxylic acid groups (broad SMARTS) is 1. The van der Waals surface area contributed by atoms with Crippen LogP contribution in [0.3, 0.4) is 0 Å². The molecule has 0 atom stereocenters. The lowest BCUT2D eigenvalue weighted by molar-refractivity contribution is -0.432. The minimum Gasteiger partial charge on any atom is -0.507 e. The number of benzene rings is 5. The number of fused-ring (bicyclic) bond motifs is 2. The zero-order valence-electron chi connectivity index (χ0n) is 30.2. The molecular weight excluding hydrogens is 817 g/mol. The van der Waals surface area contributed by atoms with Gasteiger partial charge < -0.3 is 26.2 Å². The number of hydrogen-bond donors (Lipinski definition) is 7. The fourth-order valence-corrected chi connectivity index (χ4v) is 6.95. The molecule has 1 amide bonds. The van der Waals surface area contributed by atoms with E-state index in [4.69, 9.17) is 11.0 Å². The molecule has 0 aliphatic rings. The maximum Gasteiger partial charge on any atom is 0.338 e. The molecule has 0 saturated heterocycles. The van der Waals surface area contributed by atoms with Crippen LogP contribution in [-0.2, 0) is 26.0 Å². The minimum absolute atomic E-state index is 0.0315. The second-order valence-corrected chi connectivity index (χ2v) is 14.3. The number of aromatic hydroxyl groups is 3. The van der Waals surface area contributed by atoms with E-state index >= 15 is 0 Å². The number of azo groups is 3. The Kier molecular flexibility index (Phi) is 11.8. The normalized spacial score (nSPS) is 12.1. The average molecular weight is 845 g/mol. The molecule has 0 bridgehead atoms. The largest absolute Gasteiger partial charge is 0.507 e. The monoisotopic (exact) mass is 844 g/mol. The number of carbonyl (C=O) groups is 2. The fraction of sp³-hybridized carbons (Fsp3) is 0.0833. The fourth-order valence-electron chi connectivity index (χ4n) is 5.91. The van der Waals surface area contributed by atoms with Gasteiger partial charge in [0.25, 0.3) is 21.6 Å². The molecule has 23 heteroatoms. The van der Waals surface area contributed by atoms with E-state index in [2.05, 4.69) is 40.1 Å². The van der Waals surface area contributed by atoms with Gasteiger partial charge in [-0.25, -0.2) is 10.1 Å². The smallest absolute Gasteiger partial charge is 0.338 e. The average Bonchev–Trinajstić information content (AvgIpc) is 3.18. The van der Waals surface area contributed by atoms with Gasteiger partial charge >= 0.3 is 5.97 Å². The lowest BCUT2D eigenvalue weighted by Gasteiger charge is -2.12. The standard InChI is InChI=1S/C36H28N8O13S2/c1-3-44-34(48)28(33(37)47)16(2)30(35(44)49)42-40-24-11-10-23(20-6-4-5-7-21(20)24)39-38-18-8-9-25(22(14-18)36(50)51)41-43-31-27(58-57-56-52)13-17-12-19(59(53,54)55)15-26(45)29(17)32(31)46/h4-15,45-46,49,52H,3H2,1-2H3,(H2,37,47)(H,50,51)(H,53,54,55). The predicted molar refractivity (Wildman–Crippen MR) is 209 cm³/mol. The molecular formula is C36H28N8O13S2. The number of nitrogens with zero attached hydrogens (tertiary/aromatic N) is 7. The van der Waals surface area contributed by atoms with Gasteiger partial charge in [0.1, 0.15) is 28.4 Å². The molecule has 6 aromatic rings. The molecule has 0 unspecified atom stereocenters. The highest BCUT2D eigenvalue weighted by molar-refractivity contribution is 7.94. The summed E-state index contributed by atoms with van der Waals surface area (Å²) in [6, 6.07) is 16.6. The quantitative estimate of drug-likeness (QED) is 0.0189. The lowest BCUT2D eigenvalue weighted by atomic mass is 10.1. The summed E-state index contributed by atoms with van der Waals surface area (Å²) in [7, 11) is -4.77. The van der Waals surface area contributed by atoms with Crippen molar-refractivity contribution in [3.05, 3.63) is 99.8 Å². The van der Waals surface area contributed by atoms with Crippen LogP contribution in [0.5, 0.6) is 17.4 Å². The summed E-state index contributed by atoms with van der Waals surface area (Å²) in [5, 5.41) is 80.2. The molecule has 0 aliphatic heterocycles. The van der Waals surface area contributed by atoms with E-state index in [0.717, 1.165) is 22.8 Å². The maximum absolute atomic E-state index is 12.7. The van der Waals surface area contributed by atoms with E-state index in [-0.39, 0.29) is 62.4 Å². The summed E-state index contributed by atoms with van der Waals surface area (Å²) < 4.78 is 38.2. The molecule has 0 spiro atoms. The first-order chi connectivity index (χ1) is 28.0. The highest BCUT2D eigenvalue weighted by Crippen LogP contribution is 2.48. The van der Waals surface area contributed by atoms with Crippen molar-refractivity contribution in [2.75, 3.05) is 0 Å². The van der Waals surface area contributed by atoms with Crippen LogP contribution in [0.15, 0.2) is 118 Å². The Bertz CT molecular complexity index is 2990. The molecule has 21 nitrogen and oxygen atoms in total. The number of primary amides is 1. The molecule has 59 heavy (non-hydrogen) atoms. The van der Waals surface area contributed by atoms with Crippen molar-refractivity contribution in [1.29, 1.82) is 0 Å². The van der Waals surface area contributed by atoms with Gasteiger partial charge in [-0.2, -0.15) is 13.5 Å². The molecule has 6 rings (SSSR count). The van der Waals surface area contributed by atoms with Crippen molar-refractivity contribution < 1.29 is 57.6 Å². The van der Waals surface area contributed by atoms with Gasteiger partial charge in [0.05, 0.1) is 49.8 Å². The molecule has 0 aliphatic carbocycles. The van der Waals surface area contributed by atoms with Gasteiger partial charge in [-0.15, -0.1) is 29.9 Å². The van der Waals surface area contributed by atoms with Crippen molar-refractivity contribution in [2.24, 2.45) is 36.4 Å². The summed E-state index contributed by atoms with van der Waals surface area (Å²) in [6.45, 7) is 3.04. The summed E-state index contributed by atoms with van der Waals surface area (Å²) >= 11 is 0.284. The number of aromatic carboxylic acids is 1. The second kappa shape index (κ2) is 16.8. The van der Waals surface area contributed by atoms with Crippen LogP contribution in [0.4, 0.5) is 34.1 Å². The van der Waals surface area contributed by atoms with Crippen LogP contribution >= 0.6 is 12.0 Å². The van der Waals surface area contributed by atoms with Crippen LogP contribution in [0, 0.1) is 6.92 Å². The first-order valence-corrected chi connectivity index (χ1v) is 18.8. The number of hydrogen-bond acceptors (Lipinski definition) is 18. The Morgan fingerprint density at radius 1 is 0.847 bits per heavy atom. The second-order valence-electron chi connectivity index (χ2n) is 12.2. The SMILES string of the molecule is CCn1c(O)c(N=Nc2ccc(N=Nc3ccc(N=Nc4c(SOOO)cc5cc(S(=O)(=O)O)cc(O)c5c4O)c(C(=O)O)c3)c3ccccc23)c(C)c(C(N)=O)c1=O. The van der Waals surface area contributed by atoms with Gasteiger partial charge in [0.15, 0.2) is 5.75 Å². The summed E-state index contributed by atoms with van der Waals surface area (Å²) in [5.74, 6) is -4.45. The van der Waals surface area contributed by atoms with E-state index in [1.165, 1.54) is 19.1 Å². The number of aromatic nitrogens is 1. The van der Waals surface area contributed by atoms with Gasteiger partial charge in [-0.05, 0) is 61.7 Å². The molecule has 302 valence electrons. The van der Waals surface area contributed by atoms with Crippen molar-refractivity contribution in [3.63, 3.8) is 0 Å². The van der Waals surface area contributed by atoms with Gasteiger partial charge in [-0.1, -0.05) is 29.3 Å². The number of nitrogens with two attached hydrogens (primary N) is 1. The van der Waals surface area contributed by atoms with Gasteiger partial charge in [-0.3, -0.25) is 18.7 Å². The highest BCUT2D eigenvalue weighted by atomic mass is 32.2. The molecule has 1 aromatic heterocycles. The molecule has 5 aromatic carbocycles. The minimum atomic E-state index is -4.77. The van der Waals surface area contributed by atoms with E-state index in [0.29, 0.717) is 28.2 Å². The van der Waals surface area contributed by atoms with Crippen LogP contribution in [0.25, 0.3) is 21.5 Å². The number of pyridine rings is 1. The van der Waals surface area contributed by atoms with Crippen molar-refractivity contribution in [1.82, 2.24) is 4.57 Å². The zero-order valence-corrected chi connectivity index (χ0v) is 31.8. The Hall–Kier alpha value is -7.15. The predicted octanol–water partition coefficient (Wildman–Crippen LogP) is 8.32. The third kappa shape index (κ3) is 8.31. The summed E-state index contributed by atoms with van der Waals surface area (Å²) in [6.07, 6.45) is 0. The van der Waals surface area contributed by atoms with Gasteiger partial charge in [0, 0.05) is 28.9 Å². The molecule has 8 N–H and O–H groups in total. The van der Waals surface area contributed by atoms with Crippen LogP contribution in [0.2, 0.25) is 0 Å². The number of phenols is 2. The first-order valence-electron chi connectivity index (χ1n) is 16.6. The maximum atomic E-state index is 12.7. The van der Waals surface area contributed by atoms with Crippen molar-refractivity contribution >= 4 is 89.7 Å². The number of rotatable bonds is 13. The van der Waals surface area contributed by atoms with Gasteiger partial charge in [0.2, 0.25) is 5.88 Å².